The molecular formula is C21H34IN3O2S. The van der Waals surface area contributed by atoms with Crippen molar-refractivity contribution in [1.82, 2.24) is 9.73 Å². The summed E-state index contributed by atoms with van der Waals surface area (Å²) in [5.74, 6) is 0.846. The molecule has 0 bridgehead atoms. The monoisotopic (exact) mass is 519 g/mol. The van der Waals surface area contributed by atoms with Crippen LogP contribution in [0.4, 0.5) is 0 Å². The molecule has 1 heterocycles. The first kappa shape index (κ1) is 23.8. The first-order valence-electron chi connectivity index (χ1n) is 10.0. The third-order valence-corrected chi connectivity index (χ3v) is 7.32. The first-order chi connectivity index (χ1) is 13.4. The summed E-state index contributed by atoms with van der Waals surface area (Å²) in [6, 6.07) is 6.33. The molecule has 28 heavy (non-hydrogen) atoms. The van der Waals surface area contributed by atoms with E-state index in [1.54, 1.807) is 7.11 Å². The van der Waals surface area contributed by atoms with Gasteiger partial charge in [0.2, 0.25) is 0 Å². The molecule has 158 valence electrons. The summed E-state index contributed by atoms with van der Waals surface area (Å²) < 4.78 is 5.51. The second-order valence-electron chi connectivity index (χ2n) is 7.62. The number of halogens is 1. The normalized spacial score (nSPS) is 31.6. The fourth-order valence-electron chi connectivity index (χ4n) is 4.89. The Balaban J connectivity index is 0.00000136. The second kappa shape index (κ2) is 10.00. The highest BCUT2D eigenvalue weighted by atomic mass is 127. The van der Waals surface area contributed by atoms with Crippen molar-refractivity contribution in [3.63, 3.8) is 0 Å². The molecular weight excluding hydrogens is 485 g/mol. The molecule has 0 amide bonds. The van der Waals surface area contributed by atoms with Crippen LogP contribution in [0.2, 0.25) is 0 Å². The molecule has 1 aromatic carbocycles. The first-order valence-corrected chi connectivity index (χ1v) is 13.4. The maximum atomic E-state index is 12.0. The predicted molar refractivity (Wildman–Crippen MR) is 128 cm³/mol. The lowest BCUT2D eigenvalue weighted by atomic mass is 9.53. The van der Waals surface area contributed by atoms with E-state index in [0.717, 1.165) is 43.7 Å². The van der Waals surface area contributed by atoms with Gasteiger partial charge in [0.05, 0.1) is 12.7 Å². The number of aryl methyl sites for hydroxylation is 1. The number of nitrogens with zero attached hydrogens (tertiary/aromatic N) is 2. The van der Waals surface area contributed by atoms with E-state index in [-0.39, 0.29) is 11.5 Å². The fourth-order valence-corrected chi connectivity index (χ4v) is 5.35. The SMILES string of the molecule is CC.COc1ccc(C)c(C23CCN(C)C(C)C2(O)CC/C(=N\NSI)C3)c1. The van der Waals surface area contributed by atoms with Gasteiger partial charge in [-0.1, -0.05) is 19.9 Å². The van der Waals surface area contributed by atoms with Gasteiger partial charge in [-0.15, -0.1) is 0 Å². The molecule has 3 atom stereocenters. The van der Waals surface area contributed by atoms with Crippen molar-refractivity contribution in [2.24, 2.45) is 5.10 Å². The van der Waals surface area contributed by atoms with Gasteiger partial charge in [-0.25, -0.2) is 4.83 Å². The average molecular weight is 519 g/mol. The number of ether oxygens (including phenoxy) is 1. The number of hydrazone groups is 1. The van der Waals surface area contributed by atoms with Gasteiger partial charge in [0.25, 0.3) is 0 Å². The molecule has 1 saturated heterocycles. The number of aliphatic hydroxyl groups is 1. The van der Waals surface area contributed by atoms with Crippen LogP contribution in [0.3, 0.4) is 0 Å². The molecule has 1 aromatic rings. The largest absolute Gasteiger partial charge is 0.497 e. The Morgan fingerprint density at radius 2 is 2.07 bits per heavy atom. The zero-order valence-corrected chi connectivity index (χ0v) is 20.9. The fraction of sp³-hybridized carbons (Fsp3) is 0.667. The predicted octanol–water partition coefficient (Wildman–Crippen LogP) is 4.85. The Labute approximate surface area is 186 Å². The highest BCUT2D eigenvalue weighted by Gasteiger charge is 2.60. The smallest absolute Gasteiger partial charge is 0.119 e. The van der Waals surface area contributed by atoms with Gasteiger partial charge in [0, 0.05) is 53.9 Å². The third-order valence-electron chi connectivity index (χ3n) is 6.57. The summed E-state index contributed by atoms with van der Waals surface area (Å²) in [5.41, 5.74) is 2.42. The van der Waals surface area contributed by atoms with E-state index in [9.17, 15) is 5.11 Å². The second-order valence-corrected chi connectivity index (χ2v) is 9.28. The van der Waals surface area contributed by atoms with Crippen LogP contribution in [0.15, 0.2) is 23.3 Å². The number of piperidine rings is 1. The van der Waals surface area contributed by atoms with E-state index in [1.807, 2.05) is 19.9 Å². The van der Waals surface area contributed by atoms with Crippen molar-refractivity contribution in [1.29, 1.82) is 0 Å². The number of methoxy groups -OCH3 is 1. The number of likely N-dealkylation sites (tertiary alicyclic amines) is 1. The van der Waals surface area contributed by atoms with Crippen LogP contribution in [0.1, 0.15) is 57.6 Å². The molecule has 0 radical (unpaired) electrons. The van der Waals surface area contributed by atoms with Crippen LogP contribution in [0, 0.1) is 6.92 Å². The number of benzene rings is 1. The summed E-state index contributed by atoms with van der Waals surface area (Å²) in [6.45, 7) is 9.25. The minimum absolute atomic E-state index is 0.0929. The van der Waals surface area contributed by atoms with E-state index in [1.165, 1.54) is 20.2 Å². The zero-order valence-electron chi connectivity index (χ0n) is 17.9. The van der Waals surface area contributed by atoms with Crippen LogP contribution < -0.4 is 9.57 Å². The topological polar surface area (TPSA) is 57.1 Å². The van der Waals surface area contributed by atoms with Crippen molar-refractivity contribution >= 4 is 36.0 Å². The highest BCUT2D eigenvalue weighted by molar-refractivity contribution is 14.2. The Bertz CT molecular complexity index is 702. The molecule has 3 unspecified atom stereocenters. The van der Waals surface area contributed by atoms with E-state index in [4.69, 9.17) is 4.74 Å². The van der Waals surface area contributed by atoms with Gasteiger partial charge in [0.15, 0.2) is 0 Å². The lowest BCUT2D eigenvalue weighted by Gasteiger charge is -2.59. The van der Waals surface area contributed by atoms with Crippen molar-refractivity contribution in [3.8, 4) is 5.75 Å². The van der Waals surface area contributed by atoms with Crippen LogP contribution >= 0.6 is 30.3 Å². The lowest BCUT2D eigenvalue weighted by molar-refractivity contribution is -0.134. The van der Waals surface area contributed by atoms with Crippen LogP contribution in [-0.2, 0) is 5.41 Å². The number of hydrogen-bond acceptors (Lipinski definition) is 6. The summed E-state index contributed by atoms with van der Waals surface area (Å²) in [4.78, 5) is 5.31. The molecule has 2 aliphatic rings. The van der Waals surface area contributed by atoms with Crippen molar-refractivity contribution in [3.05, 3.63) is 29.3 Å². The molecule has 0 spiro atoms. The number of hydrogen-bond donors (Lipinski definition) is 2. The number of rotatable bonds is 4. The van der Waals surface area contributed by atoms with Gasteiger partial charge >= 0.3 is 0 Å². The summed E-state index contributed by atoms with van der Waals surface area (Å²) in [5, 5.41) is 16.6. The van der Waals surface area contributed by atoms with Gasteiger partial charge in [-0.2, -0.15) is 5.10 Å². The van der Waals surface area contributed by atoms with E-state index in [0.29, 0.717) is 0 Å². The van der Waals surface area contributed by atoms with Gasteiger partial charge in [-0.05, 0) is 70.0 Å². The minimum atomic E-state index is -0.784. The maximum absolute atomic E-state index is 12.0. The van der Waals surface area contributed by atoms with Crippen LogP contribution in [-0.4, -0.2) is 48.1 Å². The van der Waals surface area contributed by atoms with Gasteiger partial charge in [0.1, 0.15) is 5.75 Å². The molecule has 5 nitrogen and oxygen atoms in total. The summed E-state index contributed by atoms with van der Waals surface area (Å²) >= 11 is 2.19. The molecule has 1 aliphatic heterocycles. The molecule has 0 aromatic heterocycles. The number of nitrogens with one attached hydrogen (secondary N) is 1. The van der Waals surface area contributed by atoms with E-state index < -0.39 is 5.60 Å². The van der Waals surface area contributed by atoms with Crippen molar-refractivity contribution in [2.45, 2.75) is 70.4 Å². The van der Waals surface area contributed by atoms with Crippen molar-refractivity contribution < 1.29 is 9.84 Å². The third kappa shape index (κ3) is 4.18. The number of fused-ring (bicyclic) bond motifs is 1. The average Bonchev–Trinajstić information content (AvgIpc) is 2.72. The zero-order chi connectivity index (χ0) is 20.9. The van der Waals surface area contributed by atoms with Gasteiger partial charge < -0.3 is 14.7 Å². The number of likely N-dealkylation sites (N-methyl/N-ethyl adjacent to an activating group) is 1. The quantitative estimate of drug-likeness (QED) is 0.339. The molecule has 2 N–H and O–H groups in total. The summed E-state index contributed by atoms with van der Waals surface area (Å²) in [6.07, 6.45) is 3.24. The Morgan fingerprint density at radius 3 is 2.71 bits per heavy atom. The molecule has 3 rings (SSSR count). The molecule has 1 saturated carbocycles. The lowest BCUT2D eigenvalue weighted by Crippen LogP contribution is -2.69. The minimum Gasteiger partial charge on any atom is -0.497 e. The van der Waals surface area contributed by atoms with Crippen LogP contribution in [0.25, 0.3) is 0 Å². The Hall–Kier alpha value is -0.510. The molecule has 7 heteroatoms. The Kier molecular flexibility index (Phi) is 8.49. The van der Waals surface area contributed by atoms with E-state index >= 15 is 0 Å². The summed E-state index contributed by atoms with van der Waals surface area (Å²) in [7, 11) is 5.28. The molecule has 1 aliphatic carbocycles. The highest BCUT2D eigenvalue weighted by Crippen LogP contribution is 2.54. The molecule has 2 fully saturated rings. The van der Waals surface area contributed by atoms with Gasteiger partial charge in [-0.3, -0.25) is 0 Å². The Morgan fingerprint density at radius 1 is 1.36 bits per heavy atom. The van der Waals surface area contributed by atoms with Crippen LogP contribution in [0.5, 0.6) is 5.75 Å². The van der Waals surface area contributed by atoms with Crippen molar-refractivity contribution in [2.75, 3.05) is 20.7 Å². The maximum Gasteiger partial charge on any atom is 0.119 e. The standard InChI is InChI=1S/C19H28IN3O2S.C2H6/c1-13-5-6-16(25-4)11-17(13)18-9-10-23(3)14(2)19(18,24)8-7-15(12-18)21-22-26-20;1-2/h5-6,11,14,22,24H,7-10,12H2,1-4H3;1-2H3/b21-15+;. The van der Waals surface area contributed by atoms with E-state index in [2.05, 4.69) is 69.1 Å².